The Kier molecular flexibility index (Phi) is 32.8. The van der Waals surface area contributed by atoms with Crippen LogP contribution < -0.4 is 9.47 Å². The number of nitrogens with zero attached hydrogens (tertiary/aromatic N) is 1. The minimum Gasteiger partial charge on any atom is -0.494 e. The average molecular weight is 830 g/mol. The molecule has 1 aromatic carbocycles. The van der Waals surface area contributed by atoms with E-state index >= 15 is 0 Å². The molecule has 0 spiro atoms. The fraction of sp³-hybridized carbons (Fsp3) is 0.820. The Balaban J connectivity index is 1.60. The van der Waals surface area contributed by atoms with E-state index in [-0.39, 0.29) is 30.4 Å². The van der Waals surface area contributed by atoms with E-state index in [1.165, 1.54) is 64.2 Å². The molecule has 1 heterocycles. The first kappa shape index (κ1) is 52.3. The second-order valence-corrected chi connectivity index (χ2v) is 17.1. The summed E-state index contributed by atoms with van der Waals surface area (Å²) >= 11 is 0. The van der Waals surface area contributed by atoms with Crippen molar-refractivity contribution in [3.8, 4) is 11.5 Å². The molecule has 1 saturated heterocycles. The van der Waals surface area contributed by atoms with Crippen molar-refractivity contribution in [2.75, 3.05) is 46.6 Å². The molecule has 9 nitrogen and oxygen atoms in total. The van der Waals surface area contributed by atoms with Gasteiger partial charge in [0.1, 0.15) is 18.1 Å². The van der Waals surface area contributed by atoms with Gasteiger partial charge in [-0.15, -0.1) is 0 Å². The van der Waals surface area contributed by atoms with Crippen LogP contribution in [0.15, 0.2) is 18.2 Å². The lowest BCUT2D eigenvalue weighted by Crippen LogP contribution is -2.34. The molecular weight excluding hydrogens is 743 g/mol. The summed E-state index contributed by atoms with van der Waals surface area (Å²) in [6.07, 6.45) is 32.3. The maximum Gasteiger partial charge on any atom is 0.309 e. The number of carbonyl (C=O) groups excluding carboxylic acids is 3. The van der Waals surface area contributed by atoms with Gasteiger partial charge in [0.05, 0.1) is 32.3 Å². The molecule has 1 aliphatic rings. The largest absolute Gasteiger partial charge is 0.494 e. The fourth-order valence-electron chi connectivity index (χ4n) is 7.57. The number of esters is 3. The van der Waals surface area contributed by atoms with Crippen LogP contribution in [-0.2, 0) is 35.2 Å². The van der Waals surface area contributed by atoms with E-state index < -0.39 is 0 Å². The average Bonchev–Trinajstić information content (AvgIpc) is 3.24. The molecular formula is C50H87NO8. The summed E-state index contributed by atoms with van der Waals surface area (Å²) in [5, 5.41) is 0. The van der Waals surface area contributed by atoms with Crippen molar-refractivity contribution < 1.29 is 38.1 Å². The quantitative estimate of drug-likeness (QED) is 0.0365. The summed E-state index contributed by atoms with van der Waals surface area (Å²) in [7, 11) is 2.09. The molecule has 0 saturated carbocycles. The topological polar surface area (TPSA) is 101 Å². The van der Waals surface area contributed by atoms with Crippen molar-refractivity contribution in [2.45, 2.75) is 213 Å². The van der Waals surface area contributed by atoms with Gasteiger partial charge in [-0.25, -0.2) is 0 Å². The molecule has 9 heteroatoms. The van der Waals surface area contributed by atoms with Gasteiger partial charge in [0.15, 0.2) is 0 Å². The van der Waals surface area contributed by atoms with Gasteiger partial charge in [0, 0.05) is 18.4 Å². The highest BCUT2D eigenvalue weighted by Crippen LogP contribution is 2.27. The molecule has 0 bridgehead atoms. The van der Waals surface area contributed by atoms with E-state index in [1.807, 2.05) is 18.2 Å². The molecule has 2 rings (SSSR count). The van der Waals surface area contributed by atoms with Gasteiger partial charge >= 0.3 is 17.9 Å². The molecule has 1 fully saturated rings. The number of unbranched alkanes of at least 4 members (excludes halogenated alkanes) is 22. The third-order valence-electron chi connectivity index (χ3n) is 11.6. The maximum atomic E-state index is 12.9. The van der Waals surface area contributed by atoms with E-state index in [1.54, 1.807) is 0 Å². The molecule has 0 N–H and O–H groups in total. The molecule has 340 valence electrons. The van der Waals surface area contributed by atoms with Gasteiger partial charge in [0.2, 0.25) is 0 Å². The second kappa shape index (κ2) is 37.0. The first-order chi connectivity index (χ1) is 28.9. The van der Waals surface area contributed by atoms with Crippen molar-refractivity contribution in [1.29, 1.82) is 0 Å². The standard InChI is InChI=1S/C50H87NO8/c1-4-6-8-10-12-18-24-30-48(52)57-40-28-22-16-14-20-26-38-55-46-32-33-47(45(42-46)43-59-50(54)44-34-36-51(3)37-35-44)56-39-27-21-15-17-23-29-41-58-49(53)31-25-19-13-11-9-7-5-2/h32-33,42,44H,4-31,34-41,43H2,1-3H3. The van der Waals surface area contributed by atoms with Crippen LogP contribution in [-0.4, -0.2) is 69.4 Å². The lowest BCUT2D eigenvalue weighted by molar-refractivity contribution is -0.151. The number of rotatable bonds is 39. The van der Waals surface area contributed by atoms with E-state index in [0.717, 1.165) is 146 Å². The Morgan fingerprint density at radius 3 is 1.44 bits per heavy atom. The third-order valence-corrected chi connectivity index (χ3v) is 11.6. The summed E-state index contributed by atoms with van der Waals surface area (Å²) in [6.45, 7) is 8.77. The van der Waals surface area contributed by atoms with Gasteiger partial charge < -0.3 is 28.6 Å². The Bertz CT molecular complexity index is 1180. The van der Waals surface area contributed by atoms with Crippen LogP contribution in [0.3, 0.4) is 0 Å². The van der Waals surface area contributed by atoms with Crippen molar-refractivity contribution in [1.82, 2.24) is 4.90 Å². The van der Waals surface area contributed by atoms with E-state index in [4.69, 9.17) is 23.7 Å². The van der Waals surface area contributed by atoms with Gasteiger partial charge in [-0.05, 0) is 89.7 Å². The minimum atomic E-state index is -0.125. The maximum absolute atomic E-state index is 12.9. The SMILES string of the molecule is CCCCCCCCCC(=O)OCCCCCCCCOc1ccc(OCCCCCCCCOC(=O)CCCCCCCCC)c(COC(=O)C2CCN(C)CC2)c1. The molecule has 0 amide bonds. The van der Waals surface area contributed by atoms with Gasteiger partial charge in [0.25, 0.3) is 0 Å². The zero-order valence-electron chi connectivity index (χ0n) is 38.2. The van der Waals surface area contributed by atoms with Crippen molar-refractivity contribution in [3.05, 3.63) is 23.8 Å². The van der Waals surface area contributed by atoms with Crippen molar-refractivity contribution in [2.24, 2.45) is 5.92 Å². The molecule has 0 atom stereocenters. The molecule has 1 aromatic rings. The lowest BCUT2D eigenvalue weighted by atomic mass is 9.97. The monoisotopic (exact) mass is 830 g/mol. The Labute approximate surface area is 360 Å². The third kappa shape index (κ3) is 29.1. The number of hydrogen-bond acceptors (Lipinski definition) is 9. The Morgan fingerprint density at radius 2 is 0.949 bits per heavy atom. The van der Waals surface area contributed by atoms with E-state index in [9.17, 15) is 14.4 Å². The number of carbonyl (C=O) groups is 3. The number of hydrogen-bond donors (Lipinski definition) is 0. The highest BCUT2D eigenvalue weighted by atomic mass is 16.5. The first-order valence-electron chi connectivity index (χ1n) is 24.5. The van der Waals surface area contributed by atoms with E-state index in [2.05, 4.69) is 25.8 Å². The van der Waals surface area contributed by atoms with Crippen LogP contribution in [0.2, 0.25) is 0 Å². The molecule has 0 radical (unpaired) electrons. The van der Waals surface area contributed by atoms with Crippen LogP contribution in [0, 0.1) is 5.92 Å². The van der Waals surface area contributed by atoms with Crippen LogP contribution in [0.1, 0.15) is 212 Å². The van der Waals surface area contributed by atoms with Crippen molar-refractivity contribution >= 4 is 17.9 Å². The van der Waals surface area contributed by atoms with Crippen molar-refractivity contribution in [3.63, 3.8) is 0 Å². The summed E-state index contributed by atoms with van der Waals surface area (Å²) in [5.41, 5.74) is 0.841. The number of likely N-dealkylation sites (tertiary alicyclic amines) is 1. The summed E-state index contributed by atoms with van der Waals surface area (Å²) < 4.78 is 29.1. The van der Waals surface area contributed by atoms with Crippen LogP contribution in [0.25, 0.3) is 0 Å². The smallest absolute Gasteiger partial charge is 0.309 e. The molecule has 0 aliphatic carbocycles. The number of benzene rings is 1. The molecule has 1 aliphatic heterocycles. The number of piperidine rings is 1. The Hall–Kier alpha value is -2.81. The second-order valence-electron chi connectivity index (χ2n) is 17.1. The molecule has 59 heavy (non-hydrogen) atoms. The predicted molar refractivity (Wildman–Crippen MR) is 240 cm³/mol. The van der Waals surface area contributed by atoms with Gasteiger partial charge in [-0.2, -0.15) is 0 Å². The minimum absolute atomic E-state index is 0.0437. The lowest BCUT2D eigenvalue weighted by Gasteiger charge is -2.27. The molecule has 0 aromatic heterocycles. The van der Waals surface area contributed by atoms with Crippen LogP contribution in [0.4, 0.5) is 0 Å². The van der Waals surface area contributed by atoms with Crippen LogP contribution in [0.5, 0.6) is 11.5 Å². The number of ether oxygens (including phenoxy) is 5. The highest BCUT2D eigenvalue weighted by Gasteiger charge is 2.25. The Morgan fingerprint density at radius 1 is 0.525 bits per heavy atom. The van der Waals surface area contributed by atoms with Gasteiger partial charge in [-0.1, -0.05) is 142 Å². The van der Waals surface area contributed by atoms with Crippen LogP contribution >= 0.6 is 0 Å². The molecule has 0 unspecified atom stereocenters. The predicted octanol–water partition coefficient (Wildman–Crippen LogP) is 12.9. The fourth-order valence-corrected chi connectivity index (χ4v) is 7.57. The van der Waals surface area contributed by atoms with Gasteiger partial charge in [-0.3, -0.25) is 14.4 Å². The zero-order valence-corrected chi connectivity index (χ0v) is 38.2. The highest BCUT2D eigenvalue weighted by molar-refractivity contribution is 5.72. The summed E-state index contributed by atoms with van der Waals surface area (Å²) in [4.78, 5) is 39.2. The van der Waals surface area contributed by atoms with E-state index in [0.29, 0.717) is 39.3 Å². The summed E-state index contributed by atoms with van der Waals surface area (Å²) in [5.74, 6) is 1.25. The zero-order chi connectivity index (χ0) is 42.4. The normalized spacial score (nSPS) is 13.3. The summed E-state index contributed by atoms with van der Waals surface area (Å²) in [6, 6.07) is 5.87. The first-order valence-corrected chi connectivity index (χ1v) is 24.5.